The van der Waals surface area contributed by atoms with Gasteiger partial charge in [-0.05, 0) is 18.9 Å². The van der Waals surface area contributed by atoms with Crippen molar-refractivity contribution in [3.05, 3.63) is 33.9 Å². The summed E-state index contributed by atoms with van der Waals surface area (Å²) in [5.41, 5.74) is 1.75. The number of nitro groups is 1. The number of ether oxygens (including phenoxy) is 1. The van der Waals surface area contributed by atoms with Gasteiger partial charge in [-0.3, -0.25) is 10.1 Å². The zero-order valence-electron chi connectivity index (χ0n) is 11.3. The van der Waals surface area contributed by atoms with Crippen molar-refractivity contribution in [3.8, 4) is 0 Å². The zero-order chi connectivity index (χ0) is 13.7. The maximum atomic E-state index is 10.7. The molecule has 0 spiro atoms. The van der Waals surface area contributed by atoms with Crippen LogP contribution in [0, 0.1) is 16.0 Å². The van der Waals surface area contributed by atoms with E-state index in [4.69, 9.17) is 4.74 Å². The summed E-state index contributed by atoms with van der Waals surface area (Å²) in [5, 5.41) is 13.8. The molecule has 1 unspecified atom stereocenters. The van der Waals surface area contributed by atoms with Crippen LogP contribution >= 0.6 is 0 Å². The first-order valence-corrected chi connectivity index (χ1v) is 6.02. The van der Waals surface area contributed by atoms with Gasteiger partial charge in [0.1, 0.15) is 0 Å². The normalized spacial score (nSPS) is 12.5. The molecule has 1 N–H and O–H groups in total. The quantitative estimate of drug-likeness (QED) is 0.623. The maximum absolute atomic E-state index is 10.7. The molecule has 0 aromatic heterocycles. The van der Waals surface area contributed by atoms with Crippen LogP contribution in [0.25, 0.3) is 0 Å². The van der Waals surface area contributed by atoms with Gasteiger partial charge < -0.3 is 10.1 Å². The van der Waals surface area contributed by atoms with Crippen molar-refractivity contribution >= 4 is 11.4 Å². The van der Waals surface area contributed by atoms with Crippen molar-refractivity contribution in [2.45, 2.75) is 33.5 Å². The number of hydrogen-bond donors (Lipinski definition) is 1. The lowest BCUT2D eigenvalue weighted by Gasteiger charge is -2.17. The highest BCUT2D eigenvalue weighted by molar-refractivity contribution is 5.55. The molecule has 0 radical (unpaired) electrons. The van der Waals surface area contributed by atoms with Gasteiger partial charge in [-0.25, -0.2) is 0 Å². The molecule has 0 saturated carbocycles. The second-order valence-electron chi connectivity index (χ2n) is 4.61. The molecule has 0 aliphatic carbocycles. The van der Waals surface area contributed by atoms with E-state index in [1.807, 2.05) is 6.92 Å². The van der Waals surface area contributed by atoms with Gasteiger partial charge in [0.2, 0.25) is 0 Å². The molecule has 0 fully saturated rings. The fourth-order valence-corrected chi connectivity index (χ4v) is 1.47. The van der Waals surface area contributed by atoms with Crippen molar-refractivity contribution in [3.63, 3.8) is 0 Å². The monoisotopic (exact) mass is 252 g/mol. The lowest BCUT2D eigenvalue weighted by molar-refractivity contribution is -0.384. The van der Waals surface area contributed by atoms with Crippen LogP contribution in [0.1, 0.15) is 26.3 Å². The molecule has 0 aliphatic heterocycles. The first kappa shape index (κ1) is 14.4. The lowest BCUT2D eigenvalue weighted by Crippen LogP contribution is -2.15. The Bertz CT molecular complexity index is 419. The van der Waals surface area contributed by atoms with Crippen molar-refractivity contribution in [1.29, 1.82) is 0 Å². The number of hydrogen-bond acceptors (Lipinski definition) is 4. The average molecular weight is 252 g/mol. The van der Waals surface area contributed by atoms with Crippen LogP contribution in [0.5, 0.6) is 0 Å². The largest absolute Gasteiger partial charge is 0.388 e. The van der Waals surface area contributed by atoms with Crippen LogP contribution in [0.4, 0.5) is 11.4 Å². The summed E-state index contributed by atoms with van der Waals surface area (Å²) in [7, 11) is 1.79. The highest BCUT2D eigenvalue weighted by atomic mass is 16.6. The highest BCUT2D eigenvalue weighted by Gasteiger charge is 2.13. The topological polar surface area (TPSA) is 64.4 Å². The van der Waals surface area contributed by atoms with Crippen molar-refractivity contribution in [1.82, 2.24) is 0 Å². The van der Waals surface area contributed by atoms with Gasteiger partial charge in [0, 0.05) is 30.4 Å². The Hall–Kier alpha value is -1.62. The molecule has 5 nitrogen and oxygen atoms in total. The van der Waals surface area contributed by atoms with Gasteiger partial charge in [0.15, 0.2) is 0 Å². The molecule has 0 amide bonds. The Labute approximate surface area is 107 Å². The number of nitro benzene ring substituents is 1. The summed E-state index contributed by atoms with van der Waals surface area (Å²) >= 11 is 0. The third kappa shape index (κ3) is 3.70. The third-order valence-electron chi connectivity index (χ3n) is 3.01. The molecule has 0 aliphatic rings. The van der Waals surface area contributed by atoms with E-state index in [1.165, 1.54) is 6.07 Å². The number of rotatable bonds is 6. The van der Waals surface area contributed by atoms with E-state index in [9.17, 15) is 10.1 Å². The summed E-state index contributed by atoms with van der Waals surface area (Å²) in [6.07, 6.45) is 0.119. The number of anilines is 1. The fraction of sp³-hybridized carbons (Fsp3) is 0.538. The molecule has 1 rings (SSSR count). The van der Waals surface area contributed by atoms with Crippen molar-refractivity contribution < 1.29 is 9.66 Å². The van der Waals surface area contributed by atoms with E-state index in [-0.39, 0.29) is 11.8 Å². The molecule has 1 aromatic carbocycles. The SMILES string of the molecule is CNc1ccc([N+](=O)[O-])cc1COC(C)C(C)C. The third-order valence-corrected chi connectivity index (χ3v) is 3.01. The Morgan fingerprint density at radius 3 is 2.56 bits per heavy atom. The zero-order valence-corrected chi connectivity index (χ0v) is 11.3. The summed E-state index contributed by atoms with van der Waals surface area (Å²) in [5.74, 6) is 0.418. The van der Waals surface area contributed by atoms with Crippen LogP contribution in [0.2, 0.25) is 0 Å². The summed E-state index contributed by atoms with van der Waals surface area (Å²) in [6.45, 7) is 6.53. The lowest BCUT2D eigenvalue weighted by atomic mass is 10.1. The molecule has 1 atom stereocenters. The molecule has 18 heavy (non-hydrogen) atoms. The maximum Gasteiger partial charge on any atom is 0.269 e. The molecule has 1 aromatic rings. The minimum atomic E-state index is -0.394. The predicted molar refractivity (Wildman–Crippen MR) is 71.7 cm³/mol. The standard InChI is InChI=1S/C13H20N2O3/c1-9(2)10(3)18-8-11-7-12(15(16)17)5-6-13(11)14-4/h5-7,9-10,14H,8H2,1-4H3. The number of non-ortho nitro benzene ring substituents is 1. The average Bonchev–Trinajstić information content (AvgIpc) is 2.35. The molecule has 0 saturated heterocycles. The summed E-state index contributed by atoms with van der Waals surface area (Å²) in [4.78, 5) is 10.3. The smallest absolute Gasteiger partial charge is 0.269 e. The Morgan fingerprint density at radius 1 is 1.39 bits per heavy atom. The van der Waals surface area contributed by atoms with E-state index < -0.39 is 4.92 Å². The Morgan fingerprint density at radius 2 is 2.06 bits per heavy atom. The number of nitrogens with one attached hydrogen (secondary N) is 1. The second kappa shape index (κ2) is 6.35. The van der Waals surface area contributed by atoms with Crippen LogP contribution < -0.4 is 5.32 Å². The molecule has 100 valence electrons. The van der Waals surface area contributed by atoms with Crippen LogP contribution in [-0.4, -0.2) is 18.1 Å². The molecule has 5 heteroatoms. The number of nitrogens with zero attached hydrogens (tertiary/aromatic N) is 1. The second-order valence-corrected chi connectivity index (χ2v) is 4.61. The summed E-state index contributed by atoms with van der Waals surface area (Å²) < 4.78 is 5.70. The van der Waals surface area contributed by atoms with Gasteiger partial charge in [0.05, 0.1) is 17.6 Å². The van der Waals surface area contributed by atoms with Gasteiger partial charge in [0.25, 0.3) is 5.69 Å². The Balaban J connectivity index is 2.84. The van der Waals surface area contributed by atoms with E-state index in [1.54, 1.807) is 19.2 Å². The minimum Gasteiger partial charge on any atom is -0.388 e. The first-order chi connectivity index (χ1) is 8.45. The van der Waals surface area contributed by atoms with Gasteiger partial charge in [-0.2, -0.15) is 0 Å². The van der Waals surface area contributed by atoms with Crippen molar-refractivity contribution in [2.75, 3.05) is 12.4 Å². The van der Waals surface area contributed by atoms with Gasteiger partial charge >= 0.3 is 0 Å². The van der Waals surface area contributed by atoms with Crippen LogP contribution in [0.15, 0.2) is 18.2 Å². The molecule has 0 bridgehead atoms. The van der Waals surface area contributed by atoms with E-state index in [0.717, 1.165) is 11.3 Å². The van der Waals surface area contributed by atoms with Crippen LogP contribution in [0.3, 0.4) is 0 Å². The number of benzene rings is 1. The molecule has 0 heterocycles. The van der Waals surface area contributed by atoms with Gasteiger partial charge in [-0.15, -0.1) is 0 Å². The molecular weight excluding hydrogens is 232 g/mol. The highest BCUT2D eigenvalue weighted by Crippen LogP contribution is 2.23. The van der Waals surface area contributed by atoms with Gasteiger partial charge in [-0.1, -0.05) is 13.8 Å². The Kier molecular flexibility index (Phi) is 5.09. The molecular formula is C13H20N2O3. The first-order valence-electron chi connectivity index (χ1n) is 6.02. The predicted octanol–water partition coefficient (Wildman–Crippen LogP) is 3.20. The van der Waals surface area contributed by atoms with E-state index in [0.29, 0.717) is 12.5 Å². The van der Waals surface area contributed by atoms with Crippen molar-refractivity contribution in [2.24, 2.45) is 5.92 Å². The van der Waals surface area contributed by atoms with E-state index >= 15 is 0 Å². The summed E-state index contributed by atoms with van der Waals surface area (Å²) in [6, 6.07) is 4.75. The fourth-order valence-electron chi connectivity index (χ4n) is 1.47. The minimum absolute atomic E-state index is 0.0878. The van der Waals surface area contributed by atoms with Crippen LogP contribution in [-0.2, 0) is 11.3 Å². The van der Waals surface area contributed by atoms with E-state index in [2.05, 4.69) is 19.2 Å².